The van der Waals surface area contributed by atoms with Crippen LogP contribution in [0.15, 0.2) is 18.2 Å². The summed E-state index contributed by atoms with van der Waals surface area (Å²) in [7, 11) is 0. The summed E-state index contributed by atoms with van der Waals surface area (Å²) in [5, 5.41) is 0.598. The molecule has 0 atom stereocenters. The first-order chi connectivity index (χ1) is 9.45. The van der Waals surface area contributed by atoms with Crippen molar-refractivity contribution in [2.24, 2.45) is 5.73 Å². The fourth-order valence-electron chi connectivity index (χ4n) is 2.37. The summed E-state index contributed by atoms with van der Waals surface area (Å²) in [4.78, 5) is 16.9. The van der Waals surface area contributed by atoms with Gasteiger partial charge in [0.1, 0.15) is 0 Å². The monoisotopic (exact) mass is 311 g/mol. The van der Waals surface area contributed by atoms with Gasteiger partial charge in [0.25, 0.3) is 5.91 Å². The van der Waals surface area contributed by atoms with E-state index in [9.17, 15) is 4.79 Å². The van der Waals surface area contributed by atoms with Crippen LogP contribution < -0.4 is 5.73 Å². The topological polar surface area (TPSA) is 49.6 Å². The lowest BCUT2D eigenvalue weighted by atomic mass is 10.1. The molecule has 1 aromatic rings. The van der Waals surface area contributed by atoms with Gasteiger partial charge in [0.05, 0.1) is 4.99 Å². The Morgan fingerprint density at radius 2 is 1.95 bits per heavy atom. The van der Waals surface area contributed by atoms with Crippen molar-refractivity contribution < 1.29 is 4.79 Å². The van der Waals surface area contributed by atoms with Crippen LogP contribution in [-0.2, 0) is 0 Å². The van der Waals surface area contributed by atoms with Crippen molar-refractivity contribution in [3.05, 3.63) is 34.3 Å². The predicted octanol–water partition coefficient (Wildman–Crippen LogP) is 1.69. The smallest absolute Gasteiger partial charge is 0.254 e. The van der Waals surface area contributed by atoms with Crippen LogP contribution >= 0.6 is 23.8 Å². The molecule has 0 bridgehead atoms. The van der Waals surface area contributed by atoms with Gasteiger partial charge in [-0.25, -0.2) is 0 Å². The van der Waals surface area contributed by atoms with Gasteiger partial charge in [0.15, 0.2) is 0 Å². The molecular formula is C14H18ClN3OS. The molecule has 108 valence electrons. The highest BCUT2D eigenvalue weighted by atomic mass is 35.5. The number of carbonyl (C=O) groups is 1. The van der Waals surface area contributed by atoms with Crippen LogP contribution in [-0.4, -0.2) is 53.4 Å². The van der Waals surface area contributed by atoms with Crippen LogP contribution in [0.1, 0.15) is 15.9 Å². The molecule has 20 heavy (non-hydrogen) atoms. The normalized spacial score (nSPS) is 16.2. The van der Waals surface area contributed by atoms with Gasteiger partial charge in [-0.3, -0.25) is 9.69 Å². The number of hydrogen-bond acceptors (Lipinski definition) is 3. The van der Waals surface area contributed by atoms with Gasteiger partial charge in [0.2, 0.25) is 0 Å². The molecule has 1 fully saturated rings. The number of thiocarbonyl (C=S) groups is 1. The van der Waals surface area contributed by atoms with Crippen molar-refractivity contribution in [3.63, 3.8) is 0 Å². The number of halogens is 1. The molecule has 0 radical (unpaired) electrons. The second kappa shape index (κ2) is 6.52. The van der Waals surface area contributed by atoms with E-state index >= 15 is 0 Å². The minimum absolute atomic E-state index is 0.0329. The first-order valence-electron chi connectivity index (χ1n) is 6.53. The maximum atomic E-state index is 12.4. The number of rotatable bonds is 3. The summed E-state index contributed by atoms with van der Waals surface area (Å²) in [6.07, 6.45) is 0. The van der Waals surface area contributed by atoms with Crippen molar-refractivity contribution >= 4 is 34.7 Å². The van der Waals surface area contributed by atoms with E-state index < -0.39 is 0 Å². The fourth-order valence-corrected chi connectivity index (χ4v) is 2.84. The van der Waals surface area contributed by atoms with Crippen LogP contribution in [0.25, 0.3) is 0 Å². The van der Waals surface area contributed by atoms with Gasteiger partial charge in [0, 0.05) is 43.3 Å². The van der Waals surface area contributed by atoms with E-state index in [4.69, 9.17) is 29.6 Å². The second-order valence-electron chi connectivity index (χ2n) is 5.05. The maximum absolute atomic E-state index is 12.4. The average Bonchev–Trinajstić information content (AvgIpc) is 2.37. The number of carbonyl (C=O) groups excluding carboxylic acids is 1. The van der Waals surface area contributed by atoms with Crippen LogP contribution in [0.3, 0.4) is 0 Å². The summed E-state index contributed by atoms with van der Waals surface area (Å²) in [5.41, 5.74) is 7.18. The van der Waals surface area contributed by atoms with Crippen molar-refractivity contribution in [2.45, 2.75) is 6.92 Å². The molecule has 0 aromatic heterocycles. The maximum Gasteiger partial charge on any atom is 0.254 e. The average molecular weight is 312 g/mol. The summed E-state index contributed by atoms with van der Waals surface area (Å²) in [6, 6.07) is 5.44. The molecule has 0 unspecified atom stereocenters. The molecule has 1 aliphatic heterocycles. The number of nitrogens with zero attached hydrogens (tertiary/aromatic N) is 2. The summed E-state index contributed by atoms with van der Waals surface area (Å²) in [5.74, 6) is 0.0329. The standard InChI is InChI=1S/C14H18ClN3OS/c1-10-6-11(8-12(15)7-10)14(19)18-4-2-17(3-5-18)9-13(16)20/h6-8H,2-5,9H2,1H3,(H2,16,20). The van der Waals surface area contributed by atoms with Crippen molar-refractivity contribution in [3.8, 4) is 0 Å². The molecule has 0 saturated carbocycles. The number of hydrogen-bond donors (Lipinski definition) is 1. The molecule has 1 aliphatic rings. The van der Waals surface area contributed by atoms with E-state index in [2.05, 4.69) is 4.90 Å². The second-order valence-corrected chi connectivity index (χ2v) is 6.01. The molecule has 1 heterocycles. The zero-order valence-corrected chi connectivity index (χ0v) is 13.0. The summed E-state index contributed by atoms with van der Waals surface area (Å²) in [6.45, 7) is 5.52. The van der Waals surface area contributed by atoms with Crippen molar-refractivity contribution in [1.82, 2.24) is 9.80 Å². The molecule has 1 aromatic carbocycles. The molecule has 0 aliphatic carbocycles. The number of piperazine rings is 1. The third-order valence-corrected chi connectivity index (χ3v) is 3.68. The third-order valence-electron chi connectivity index (χ3n) is 3.33. The van der Waals surface area contributed by atoms with E-state index in [0.717, 1.165) is 18.7 Å². The first-order valence-corrected chi connectivity index (χ1v) is 7.31. The van der Waals surface area contributed by atoms with Crippen molar-refractivity contribution in [1.29, 1.82) is 0 Å². The minimum Gasteiger partial charge on any atom is -0.392 e. The Balaban J connectivity index is 1.99. The molecule has 1 amide bonds. The van der Waals surface area contributed by atoms with Gasteiger partial charge < -0.3 is 10.6 Å². The predicted molar refractivity (Wildman–Crippen MR) is 85.3 cm³/mol. The van der Waals surface area contributed by atoms with Crippen molar-refractivity contribution in [2.75, 3.05) is 32.7 Å². The largest absolute Gasteiger partial charge is 0.392 e. The highest BCUT2D eigenvalue weighted by molar-refractivity contribution is 7.80. The third kappa shape index (κ3) is 3.91. The molecule has 1 saturated heterocycles. The highest BCUT2D eigenvalue weighted by Crippen LogP contribution is 2.17. The number of amides is 1. The Bertz CT molecular complexity index is 507. The first kappa shape index (κ1) is 15.2. The number of nitrogens with two attached hydrogens (primary N) is 1. The van der Waals surface area contributed by atoms with E-state index in [1.54, 1.807) is 6.07 Å². The Morgan fingerprint density at radius 3 is 2.50 bits per heavy atom. The van der Waals surface area contributed by atoms with Gasteiger partial charge in [-0.05, 0) is 30.7 Å². The molecule has 2 N–H and O–H groups in total. The summed E-state index contributed by atoms with van der Waals surface area (Å²) >= 11 is 10.9. The lowest BCUT2D eigenvalue weighted by Crippen LogP contribution is -2.50. The zero-order chi connectivity index (χ0) is 14.7. The molecule has 4 nitrogen and oxygen atoms in total. The summed E-state index contributed by atoms with van der Waals surface area (Å²) < 4.78 is 0. The Morgan fingerprint density at radius 1 is 1.30 bits per heavy atom. The highest BCUT2D eigenvalue weighted by Gasteiger charge is 2.22. The van der Waals surface area contributed by atoms with E-state index in [0.29, 0.717) is 35.2 Å². The quantitative estimate of drug-likeness (QED) is 0.863. The van der Waals surface area contributed by atoms with Gasteiger partial charge in [-0.1, -0.05) is 23.8 Å². The van der Waals surface area contributed by atoms with E-state index in [1.807, 2.05) is 24.0 Å². The van der Waals surface area contributed by atoms with E-state index in [1.165, 1.54) is 0 Å². The SMILES string of the molecule is Cc1cc(Cl)cc(C(=O)N2CCN(CC(N)=S)CC2)c1. The van der Waals surface area contributed by atoms with Gasteiger partial charge in [-0.15, -0.1) is 0 Å². The van der Waals surface area contributed by atoms with Gasteiger partial charge in [-0.2, -0.15) is 0 Å². The lowest BCUT2D eigenvalue weighted by Gasteiger charge is -2.34. The van der Waals surface area contributed by atoms with Crippen LogP contribution in [0.5, 0.6) is 0 Å². The van der Waals surface area contributed by atoms with Crippen LogP contribution in [0.4, 0.5) is 0 Å². The number of benzene rings is 1. The van der Waals surface area contributed by atoms with Crippen LogP contribution in [0.2, 0.25) is 5.02 Å². The lowest BCUT2D eigenvalue weighted by molar-refractivity contribution is 0.0654. The Labute approximate surface area is 129 Å². The molecular weight excluding hydrogens is 294 g/mol. The minimum atomic E-state index is 0.0329. The molecule has 2 rings (SSSR count). The Kier molecular flexibility index (Phi) is 4.96. The zero-order valence-electron chi connectivity index (χ0n) is 11.4. The Hall–Kier alpha value is -1.17. The van der Waals surface area contributed by atoms with E-state index in [-0.39, 0.29) is 5.91 Å². The number of aryl methyl sites for hydroxylation is 1. The molecule has 0 spiro atoms. The molecule has 6 heteroatoms. The van der Waals surface area contributed by atoms with Gasteiger partial charge >= 0.3 is 0 Å². The fraction of sp³-hybridized carbons (Fsp3) is 0.429. The van der Waals surface area contributed by atoms with Crippen LogP contribution in [0, 0.1) is 6.92 Å².